The van der Waals surface area contributed by atoms with Gasteiger partial charge in [-0.2, -0.15) is 0 Å². The Hall–Kier alpha value is -1.13. The zero-order valence-corrected chi connectivity index (χ0v) is 12.9. The molecule has 20 heavy (non-hydrogen) atoms. The molecular weight excluding hydrogens is 250 g/mol. The molecule has 0 saturated heterocycles. The molecule has 0 bridgehead atoms. The lowest BCUT2D eigenvalue weighted by molar-refractivity contribution is 0.301. The van der Waals surface area contributed by atoms with Gasteiger partial charge in [0.2, 0.25) is 0 Å². The quantitative estimate of drug-likeness (QED) is 0.764. The number of aliphatic hydroxyl groups excluding tert-OH is 1. The summed E-state index contributed by atoms with van der Waals surface area (Å²) in [5, 5.41) is 12.7. The number of anilines is 1. The second-order valence-electron chi connectivity index (χ2n) is 6.16. The number of rotatable bonds is 8. The first kappa shape index (κ1) is 15.3. The number of aromatic nitrogens is 1. The van der Waals surface area contributed by atoms with Crippen LogP contribution in [0.5, 0.6) is 0 Å². The Labute approximate surface area is 122 Å². The normalized spacial score (nSPS) is 14.8. The molecule has 4 heteroatoms. The summed E-state index contributed by atoms with van der Waals surface area (Å²) in [6.07, 6.45) is 4.40. The second kappa shape index (κ2) is 7.04. The van der Waals surface area contributed by atoms with Gasteiger partial charge in [-0.05, 0) is 49.4 Å². The zero-order valence-electron chi connectivity index (χ0n) is 12.9. The fraction of sp³-hybridized carbons (Fsp3) is 0.688. The highest BCUT2D eigenvalue weighted by atomic mass is 16.3. The number of aliphatic hydroxyl groups is 1. The van der Waals surface area contributed by atoms with E-state index in [-0.39, 0.29) is 6.61 Å². The van der Waals surface area contributed by atoms with Crippen molar-refractivity contribution >= 4 is 5.82 Å². The molecule has 1 aromatic rings. The summed E-state index contributed by atoms with van der Waals surface area (Å²) in [4.78, 5) is 6.88. The number of pyridine rings is 1. The van der Waals surface area contributed by atoms with Crippen molar-refractivity contribution < 1.29 is 5.11 Å². The van der Waals surface area contributed by atoms with Gasteiger partial charge in [-0.3, -0.25) is 0 Å². The molecule has 1 aromatic heterocycles. The predicted octanol–water partition coefficient (Wildman–Crippen LogP) is 2.10. The van der Waals surface area contributed by atoms with Gasteiger partial charge >= 0.3 is 0 Å². The van der Waals surface area contributed by atoms with Crippen molar-refractivity contribution in [2.45, 2.75) is 46.2 Å². The van der Waals surface area contributed by atoms with E-state index in [2.05, 4.69) is 42.0 Å². The lowest BCUT2D eigenvalue weighted by atomic mass is 10.1. The van der Waals surface area contributed by atoms with Crippen LogP contribution in [0.4, 0.5) is 5.82 Å². The fourth-order valence-corrected chi connectivity index (χ4v) is 2.48. The largest absolute Gasteiger partial charge is 0.395 e. The molecule has 1 aliphatic rings. The Morgan fingerprint density at radius 3 is 2.75 bits per heavy atom. The minimum Gasteiger partial charge on any atom is -0.395 e. The first-order chi connectivity index (χ1) is 9.61. The lowest BCUT2D eigenvalue weighted by Gasteiger charge is -2.24. The van der Waals surface area contributed by atoms with E-state index in [1.807, 2.05) is 6.20 Å². The Balaban J connectivity index is 2.00. The highest BCUT2D eigenvalue weighted by Gasteiger charge is 2.30. The van der Waals surface area contributed by atoms with E-state index in [4.69, 9.17) is 0 Å². The van der Waals surface area contributed by atoms with Gasteiger partial charge in [-0.15, -0.1) is 0 Å². The fourth-order valence-electron chi connectivity index (χ4n) is 2.48. The van der Waals surface area contributed by atoms with Crippen LogP contribution >= 0.6 is 0 Å². The van der Waals surface area contributed by atoms with Crippen molar-refractivity contribution in [2.75, 3.05) is 24.6 Å². The first-order valence-electron chi connectivity index (χ1n) is 7.65. The third-order valence-electron chi connectivity index (χ3n) is 3.59. The van der Waals surface area contributed by atoms with E-state index >= 15 is 0 Å². The van der Waals surface area contributed by atoms with Gasteiger partial charge in [0, 0.05) is 25.3 Å². The summed E-state index contributed by atoms with van der Waals surface area (Å²) in [6, 6.07) is 2.79. The van der Waals surface area contributed by atoms with Crippen LogP contribution in [0.3, 0.4) is 0 Å². The van der Waals surface area contributed by atoms with Crippen LogP contribution in [0.25, 0.3) is 0 Å². The van der Waals surface area contributed by atoms with Crippen LogP contribution in [-0.2, 0) is 6.54 Å². The lowest BCUT2D eigenvalue weighted by Crippen LogP contribution is -2.30. The zero-order chi connectivity index (χ0) is 14.5. The molecule has 4 nitrogen and oxygen atoms in total. The van der Waals surface area contributed by atoms with Crippen LogP contribution in [0.2, 0.25) is 0 Å². The van der Waals surface area contributed by atoms with Gasteiger partial charge in [0.15, 0.2) is 0 Å². The number of hydrogen-bond acceptors (Lipinski definition) is 4. The summed E-state index contributed by atoms with van der Waals surface area (Å²) in [5.41, 5.74) is 2.43. The molecule has 0 aromatic carbocycles. The van der Waals surface area contributed by atoms with E-state index in [1.165, 1.54) is 24.0 Å². The Kier molecular flexibility index (Phi) is 5.38. The molecule has 112 valence electrons. The van der Waals surface area contributed by atoms with Crippen LogP contribution in [0, 0.1) is 12.8 Å². The minimum absolute atomic E-state index is 0.190. The van der Waals surface area contributed by atoms with Crippen molar-refractivity contribution in [1.82, 2.24) is 10.3 Å². The maximum atomic E-state index is 9.21. The molecule has 2 N–H and O–H groups in total. The van der Waals surface area contributed by atoms with E-state index in [0.29, 0.717) is 18.5 Å². The maximum Gasteiger partial charge on any atom is 0.131 e. The molecule has 0 atom stereocenters. The molecule has 1 fully saturated rings. The summed E-state index contributed by atoms with van der Waals surface area (Å²) >= 11 is 0. The Morgan fingerprint density at radius 1 is 1.45 bits per heavy atom. The Morgan fingerprint density at radius 2 is 2.20 bits per heavy atom. The highest BCUT2D eigenvalue weighted by molar-refractivity contribution is 5.49. The van der Waals surface area contributed by atoms with Crippen molar-refractivity contribution in [3.05, 3.63) is 23.4 Å². The molecule has 0 radical (unpaired) electrons. The van der Waals surface area contributed by atoms with Gasteiger partial charge in [0.1, 0.15) is 5.82 Å². The van der Waals surface area contributed by atoms with E-state index in [9.17, 15) is 5.11 Å². The average molecular weight is 277 g/mol. The van der Waals surface area contributed by atoms with Gasteiger partial charge < -0.3 is 15.3 Å². The van der Waals surface area contributed by atoms with Crippen molar-refractivity contribution in [3.63, 3.8) is 0 Å². The summed E-state index contributed by atoms with van der Waals surface area (Å²) in [6.45, 7) is 9.30. The van der Waals surface area contributed by atoms with Crippen molar-refractivity contribution in [3.8, 4) is 0 Å². The molecule has 0 spiro atoms. The van der Waals surface area contributed by atoms with Crippen LogP contribution in [0.1, 0.15) is 37.8 Å². The first-order valence-corrected chi connectivity index (χ1v) is 7.65. The topological polar surface area (TPSA) is 48.4 Å². The second-order valence-corrected chi connectivity index (χ2v) is 6.16. The van der Waals surface area contributed by atoms with Crippen LogP contribution in [-0.4, -0.2) is 35.8 Å². The Bertz CT molecular complexity index is 430. The van der Waals surface area contributed by atoms with Gasteiger partial charge in [-0.1, -0.05) is 13.8 Å². The van der Waals surface area contributed by atoms with Crippen molar-refractivity contribution in [1.29, 1.82) is 0 Å². The number of nitrogens with zero attached hydrogens (tertiary/aromatic N) is 2. The molecular formula is C16H27N3O. The molecule has 0 amide bonds. The molecule has 1 saturated carbocycles. The van der Waals surface area contributed by atoms with Gasteiger partial charge in [-0.25, -0.2) is 4.98 Å². The number of hydrogen-bond donors (Lipinski definition) is 2. The highest BCUT2D eigenvalue weighted by Crippen LogP contribution is 2.32. The van der Waals surface area contributed by atoms with E-state index in [0.717, 1.165) is 18.9 Å². The summed E-state index contributed by atoms with van der Waals surface area (Å²) in [5.74, 6) is 1.70. The molecule has 1 aliphatic carbocycles. The van der Waals surface area contributed by atoms with E-state index in [1.54, 1.807) is 0 Å². The van der Waals surface area contributed by atoms with Gasteiger partial charge in [0.25, 0.3) is 0 Å². The molecule has 0 aliphatic heterocycles. The maximum absolute atomic E-state index is 9.21. The standard InChI is InChI=1S/C16H27N3O/c1-12(2)9-17-10-14-8-13(3)16(18-11-14)19(6-7-20)15-4-5-15/h8,11-12,15,17,20H,4-7,9-10H2,1-3H3. The molecule has 0 unspecified atom stereocenters. The van der Waals surface area contributed by atoms with Gasteiger partial charge in [0.05, 0.1) is 6.61 Å². The monoisotopic (exact) mass is 277 g/mol. The van der Waals surface area contributed by atoms with E-state index < -0.39 is 0 Å². The minimum atomic E-state index is 0.190. The third-order valence-corrected chi connectivity index (χ3v) is 3.59. The average Bonchev–Trinajstić information content (AvgIpc) is 3.21. The van der Waals surface area contributed by atoms with Crippen LogP contribution < -0.4 is 10.2 Å². The molecule has 2 rings (SSSR count). The van der Waals surface area contributed by atoms with Crippen molar-refractivity contribution in [2.24, 2.45) is 5.92 Å². The SMILES string of the molecule is Cc1cc(CNCC(C)C)cnc1N(CCO)C1CC1. The molecule has 1 heterocycles. The summed E-state index contributed by atoms with van der Waals surface area (Å²) in [7, 11) is 0. The van der Waals surface area contributed by atoms with Crippen LogP contribution in [0.15, 0.2) is 12.3 Å². The summed E-state index contributed by atoms with van der Waals surface area (Å²) < 4.78 is 0. The third kappa shape index (κ3) is 4.18. The smallest absolute Gasteiger partial charge is 0.131 e. The predicted molar refractivity (Wildman–Crippen MR) is 83.0 cm³/mol. The number of aryl methyl sites for hydroxylation is 1. The number of nitrogens with one attached hydrogen (secondary N) is 1.